The van der Waals surface area contributed by atoms with Gasteiger partial charge in [0.25, 0.3) is 0 Å². The van der Waals surface area contributed by atoms with Gasteiger partial charge in [-0.3, -0.25) is 4.90 Å². The molecule has 9 nitrogen and oxygen atoms in total. The Morgan fingerprint density at radius 3 is 2.41 bits per heavy atom. The molecule has 1 N–H and O–H groups in total. The molecule has 10 heteroatoms. The van der Waals surface area contributed by atoms with Crippen LogP contribution in [-0.4, -0.2) is 78.1 Å². The summed E-state index contributed by atoms with van der Waals surface area (Å²) in [5.41, 5.74) is 2.47. The minimum atomic E-state index is -2.07. The SMILES string of the molecule is CC[Si](CC)(OC1Cc2c(cc(C(=O)OC)cc2OCOC)NC[C@H]2[C@@H]1N2C(=O)OC)C(C)C. The highest BCUT2D eigenvalue weighted by atomic mass is 28.4. The van der Waals surface area contributed by atoms with Crippen molar-refractivity contribution in [3.63, 3.8) is 0 Å². The molecule has 2 aliphatic heterocycles. The third kappa shape index (κ3) is 5.03. The first kappa shape index (κ1) is 26.3. The van der Waals surface area contributed by atoms with Gasteiger partial charge in [-0.25, -0.2) is 9.59 Å². The zero-order valence-electron chi connectivity index (χ0n) is 21.3. The van der Waals surface area contributed by atoms with E-state index in [1.54, 1.807) is 24.1 Å². The van der Waals surface area contributed by atoms with Gasteiger partial charge in [0.2, 0.25) is 0 Å². The van der Waals surface area contributed by atoms with Gasteiger partial charge in [-0.2, -0.15) is 0 Å². The maximum atomic E-state index is 12.5. The zero-order valence-corrected chi connectivity index (χ0v) is 22.3. The molecule has 1 fully saturated rings. The predicted octanol–water partition coefficient (Wildman–Crippen LogP) is 4.02. The van der Waals surface area contributed by atoms with Crippen molar-refractivity contribution in [3.8, 4) is 5.75 Å². The molecule has 3 atom stereocenters. The Kier molecular flexibility index (Phi) is 8.48. The number of esters is 1. The summed E-state index contributed by atoms with van der Waals surface area (Å²) in [5.74, 6) is 0.0831. The van der Waals surface area contributed by atoms with Crippen molar-refractivity contribution in [2.24, 2.45) is 0 Å². The third-order valence-electron chi connectivity index (χ3n) is 7.25. The van der Waals surface area contributed by atoms with Crippen LogP contribution in [0.3, 0.4) is 0 Å². The van der Waals surface area contributed by atoms with Gasteiger partial charge in [0.05, 0.1) is 38.0 Å². The van der Waals surface area contributed by atoms with Crippen LogP contribution in [0.1, 0.15) is 43.6 Å². The maximum Gasteiger partial charge on any atom is 0.410 e. The van der Waals surface area contributed by atoms with Crippen LogP contribution >= 0.6 is 0 Å². The van der Waals surface area contributed by atoms with Crippen molar-refractivity contribution in [1.82, 2.24) is 4.90 Å². The first-order chi connectivity index (χ1) is 16.3. The minimum Gasteiger partial charge on any atom is -0.467 e. The van der Waals surface area contributed by atoms with Crippen molar-refractivity contribution in [1.29, 1.82) is 0 Å². The summed E-state index contributed by atoms with van der Waals surface area (Å²) in [6, 6.07) is 5.30. The van der Waals surface area contributed by atoms with E-state index in [1.807, 2.05) is 0 Å². The molecule has 0 radical (unpaired) electrons. The number of hydrogen-bond donors (Lipinski definition) is 1. The van der Waals surface area contributed by atoms with E-state index in [2.05, 4.69) is 33.0 Å². The first-order valence-electron chi connectivity index (χ1n) is 11.9. The molecule has 0 bridgehead atoms. The Bertz CT molecular complexity index is 890. The number of anilines is 1. The fraction of sp³-hybridized carbons (Fsp3) is 0.667. The smallest absolute Gasteiger partial charge is 0.410 e. The molecular formula is C24H38N2O7Si. The first-order valence-corrected chi connectivity index (χ1v) is 14.3. The summed E-state index contributed by atoms with van der Waals surface area (Å²) in [6.45, 7) is 9.41. The van der Waals surface area contributed by atoms with E-state index in [1.165, 1.54) is 14.2 Å². The summed E-state index contributed by atoms with van der Waals surface area (Å²) in [4.78, 5) is 26.6. The lowest BCUT2D eigenvalue weighted by Crippen LogP contribution is -2.47. The number of methoxy groups -OCH3 is 3. The van der Waals surface area contributed by atoms with E-state index in [-0.39, 0.29) is 31.1 Å². The number of nitrogens with one attached hydrogen (secondary N) is 1. The summed E-state index contributed by atoms with van der Waals surface area (Å²) in [5, 5.41) is 3.41. The quantitative estimate of drug-likeness (QED) is 0.238. The average molecular weight is 495 g/mol. The number of nitrogens with zero attached hydrogens (tertiary/aromatic N) is 1. The number of ether oxygens (including phenoxy) is 4. The number of carbonyl (C=O) groups is 2. The number of rotatable bonds is 9. The summed E-state index contributed by atoms with van der Waals surface area (Å²) < 4.78 is 28.1. The molecule has 0 saturated carbocycles. The maximum absolute atomic E-state index is 12.5. The van der Waals surface area contributed by atoms with Crippen LogP contribution in [0.2, 0.25) is 17.6 Å². The van der Waals surface area contributed by atoms with Crippen molar-refractivity contribution < 1.29 is 33.0 Å². The lowest BCUT2D eigenvalue weighted by molar-refractivity contribution is 0.0492. The number of amides is 1. The molecule has 2 heterocycles. The average Bonchev–Trinajstić information content (AvgIpc) is 3.55. The molecule has 2 aliphatic rings. The highest BCUT2D eigenvalue weighted by Gasteiger charge is 2.58. The van der Waals surface area contributed by atoms with Gasteiger partial charge in [0.1, 0.15) is 5.75 Å². The van der Waals surface area contributed by atoms with E-state index in [4.69, 9.17) is 23.4 Å². The highest BCUT2D eigenvalue weighted by molar-refractivity contribution is 6.75. The number of hydrogen-bond acceptors (Lipinski definition) is 8. The van der Waals surface area contributed by atoms with Gasteiger partial charge in [-0.15, -0.1) is 0 Å². The van der Waals surface area contributed by atoms with Crippen molar-refractivity contribution in [2.45, 2.75) is 69.9 Å². The van der Waals surface area contributed by atoms with E-state index >= 15 is 0 Å². The Morgan fingerprint density at radius 2 is 1.85 bits per heavy atom. The Balaban J connectivity index is 2.07. The predicted molar refractivity (Wildman–Crippen MR) is 131 cm³/mol. The number of benzene rings is 1. The molecule has 1 aromatic rings. The van der Waals surface area contributed by atoms with E-state index in [9.17, 15) is 9.59 Å². The second-order valence-corrected chi connectivity index (χ2v) is 14.1. The van der Waals surface area contributed by atoms with Gasteiger partial charge in [-0.05, 0) is 29.8 Å². The summed E-state index contributed by atoms with van der Waals surface area (Å²) >= 11 is 0. The Morgan fingerprint density at radius 1 is 1.15 bits per heavy atom. The second-order valence-electron chi connectivity index (χ2n) is 9.15. The van der Waals surface area contributed by atoms with Crippen LogP contribution < -0.4 is 10.1 Å². The molecular weight excluding hydrogens is 456 g/mol. The molecule has 1 unspecified atom stereocenters. The normalized spacial score (nSPS) is 21.5. The van der Waals surface area contributed by atoms with Crippen LogP contribution in [0, 0.1) is 0 Å². The molecule has 1 saturated heterocycles. The van der Waals surface area contributed by atoms with Gasteiger partial charge in [0, 0.05) is 31.3 Å². The van der Waals surface area contributed by atoms with Crippen LogP contribution in [0.4, 0.5) is 10.5 Å². The van der Waals surface area contributed by atoms with Crippen molar-refractivity contribution in [2.75, 3.05) is 40.0 Å². The van der Waals surface area contributed by atoms with Crippen LogP contribution in [0.5, 0.6) is 5.75 Å². The van der Waals surface area contributed by atoms with E-state index < -0.39 is 14.3 Å². The lowest BCUT2D eigenvalue weighted by atomic mass is 9.97. The largest absolute Gasteiger partial charge is 0.467 e. The molecule has 190 valence electrons. The van der Waals surface area contributed by atoms with Gasteiger partial charge in [-0.1, -0.05) is 27.7 Å². The van der Waals surface area contributed by atoms with Crippen LogP contribution in [-0.2, 0) is 25.1 Å². The van der Waals surface area contributed by atoms with Gasteiger partial charge in [0.15, 0.2) is 15.1 Å². The zero-order chi connectivity index (χ0) is 25.0. The fourth-order valence-corrected chi connectivity index (χ4v) is 8.69. The standard InChI is InChI=1S/C24H38N2O7Si/c1-8-34(9-2,15(3)4)33-21-12-17-18(25-13-19-22(21)26(19)24(28)31-7)10-16(23(27)30-6)11-20(17)32-14-29-5/h10-11,15,19,21-22,25H,8-9,12-14H2,1-7H3/t19-,21?,22-,26?/m0/s1. The minimum absolute atomic E-state index is 0.0392. The summed E-state index contributed by atoms with van der Waals surface area (Å²) in [7, 11) is 2.22. The Hall–Kier alpha value is -2.30. The van der Waals surface area contributed by atoms with Gasteiger partial charge >= 0.3 is 12.1 Å². The molecule has 0 aliphatic carbocycles. The lowest BCUT2D eigenvalue weighted by Gasteiger charge is -2.38. The van der Waals surface area contributed by atoms with Gasteiger partial charge < -0.3 is 28.7 Å². The molecule has 34 heavy (non-hydrogen) atoms. The van der Waals surface area contributed by atoms with E-state index in [0.717, 1.165) is 23.3 Å². The van der Waals surface area contributed by atoms with Crippen LogP contribution in [0.25, 0.3) is 0 Å². The molecule has 0 spiro atoms. The topological polar surface area (TPSA) is 95.3 Å². The van der Waals surface area contributed by atoms with Crippen LogP contribution in [0.15, 0.2) is 12.1 Å². The summed E-state index contributed by atoms with van der Waals surface area (Å²) in [6.07, 6.45) is -0.0426. The van der Waals surface area contributed by atoms with E-state index in [0.29, 0.717) is 29.8 Å². The highest BCUT2D eigenvalue weighted by Crippen LogP contribution is 2.43. The molecule has 1 amide bonds. The molecule has 3 rings (SSSR count). The third-order valence-corrected chi connectivity index (χ3v) is 12.5. The fourth-order valence-electron chi connectivity index (χ4n) is 5.13. The molecule has 1 aromatic carbocycles. The van der Waals surface area contributed by atoms with Crippen molar-refractivity contribution >= 4 is 26.1 Å². The van der Waals surface area contributed by atoms with Crippen molar-refractivity contribution in [3.05, 3.63) is 23.3 Å². The monoisotopic (exact) mass is 494 g/mol. The Labute approximate surface area is 203 Å². The number of carbonyl (C=O) groups excluding carboxylic acids is 2. The second kappa shape index (κ2) is 11.0. The molecule has 0 aromatic heterocycles. The number of fused-ring (bicyclic) bond motifs is 2.